The number of anilines is 2. The first-order valence-electron chi connectivity index (χ1n) is 8.74. The Balaban J connectivity index is 1.52. The van der Waals surface area contributed by atoms with E-state index in [0.717, 1.165) is 29.0 Å². The van der Waals surface area contributed by atoms with Gasteiger partial charge in [0.1, 0.15) is 18.1 Å². The molecule has 3 heterocycles. The van der Waals surface area contributed by atoms with E-state index in [1.54, 1.807) is 30.7 Å². The van der Waals surface area contributed by atoms with Crippen LogP contribution in [0.1, 0.15) is 11.1 Å². The third-order valence-corrected chi connectivity index (χ3v) is 4.83. The first-order chi connectivity index (χ1) is 14.5. The van der Waals surface area contributed by atoms with Crippen LogP contribution >= 0.6 is 11.3 Å². The molecule has 4 rings (SSSR count). The van der Waals surface area contributed by atoms with Crippen LogP contribution in [0, 0.1) is 0 Å². The van der Waals surface area contributed by atoms with Crippen molar-refractivity contribution in [3.63, 3.8) is 0 Å². The summed E-state index contributed by atoms with van der Waals surface area (Å²) in [6.07, 6.45) is 0.549. The zero-order chi connectivity index (χ0) is 21.0. The van der Waals surface area contributed by atoms with Gasteiger partial charge in [-0.2, -0.15) is 13.2 Å². The molecule has 0 saturated carbocycles. The number of aromatic nitrogens is 4. The van der Waals surface area contributed by atoms with Crippen molar-refractivity contribution in [2.24, 2.45) is 0 Å². The van der Waals surface area contributed by atoms with Gasteiger partial charge in [0.15, 0.2) is 5.01 Å². The molecule has 152 valence electrons. The van der Waals surface area contributed by atoms with E-state index in [4.69, 9.17) is 4.74 Å². The number of benzene rings is 1. The molecule has 0 aliphatic rings. The minimum absolute atomic E-state index is 0.266. The maximum atomic E-state index is 12.9. The average molecular weight is 429 g/mol. The normalized spacial score (nSPS) is 11.3. The SMILES string of the molecule is FC(F)(F)c1cccc(Nc2nnc(-c3ncccc3OCc3ccncc3)s2)c1. The summed E-state index contributed by atoms with van der Waals surface area (Å²) < 4.78 is 44.5. The summed E-state index contributed by atoms with van der Waals surface area (Å²) in [6.45, 7) is 0.329. The highest BCUT2D eigenvalue weighted by Gasteiger charge is 2.30. The second kappa shape index (κ2) is 8.46. The fraction of sp³-hybridized carbons (Fsp3) is 0.100. The van der Waals surface area contributed by atoms with Crippen molar-refractivity contribution >= 4 is 22.2 Å². The van der Waals surface area contributed by atoms with E-state index in [0.29, 0.717) is 28.2 Å². The second-order valence-corrected chi connectivity index (χ2v) is 7.09. The van der Waals surface area contributed by atoms with E-state index in [2.05, 4.69) is 25.5 Å². The van der Waals surface area contributed by atoms with Crippen LogP contribution in [-0.2, 0) is 12.8 Å². The van der Waals surface area contributed by atoms with Gasteiger partial charge in [-0.3, -0.25) is 4.98 Å². The quantitative estimate of drug-likeness (QED) is 0.446. The van der Waals surface area contributed by atoms with Crippen molar-refractivity contribution in [3.8, 4) is 16.5 Å². The number of alkyl halides is 3. The molecule has 0 spiro atoms. The predicted octanol–water partition coefficient (Wildman–Crippen LogP) is 5.34. The molecule has 0 unspecified atom stereocenters. The molecule has 6 nitrogen and oxygen atoms in total. The van der Waals surface area contributed by atoms with Gasteiger partial charge >= 0.3 is 6.18 Å². The molecular formula is C20H14F3N5OS. The van der Waals surface area contributed by atoms with Crippen LogP contribution in [0.2, 0.25) is 0 Å². The van der Waals surface area contributed by atoms with Gasteiger partial charge in [-0.25, -0.2) is 4.98 Å². The van der Waals surface area contributed by atoms with Gasteiger partial charge in [-0.1, -0.05) is 17.4 Å². The number of nitrogens with zero attached hydrogens (tertiary/aromatic N) is 4. The highest BCUT2D eigenvalue weighted by molar-refractivity contribution is 7.18. The Bertz CT molecular complexity index is 1130. The first-order valence-corrected chi connectivity index (χ1v) is 9.55. The molecule has 1 aromatic carbocycles. The third-order valence-electron chi connectivity index (χ3n) is 3.98. The summed E-state index contributed by atoms with van der Waals surface area (Å²) in [6, 6.07) is 12.1. The van der Waals surface area contributed by atoms with Crippen LogP contribution in [0.5, 0.6) is 5.75 Å². The topological polar surface area (TPSA) is 72.8 Å². The lowest BCUT2D eigenvalue weighted by atomic mass is 10.2. The Morgan fingerprint density at radius 2 is 1.80 bits per heavy atom. The molecule has 10 heteroatoms. The second-order valence-electron chi connectivity index (χ2n) is 6.11. The minimum atomic E-state index is -4.42. The van der Waals surface area contributed by atoms with Crippen LogP contribution < -0.4 is 10.1 Å². The molecule has 0 saturated heterocycles. The van der Waals surface area contributed by atoms with Crippen molar-refractivity contribution < 1.29 is 17.9 Å². The summed E-state index contributed by atoms with van der Waals surface area (Å²) in [5.41, 5.74) is 0.974. The minimum Gasteiger partial charge on any atom is -0.487 e. The van der Waals surface area contributed by atoms with Gasteiger partial charge in [-0.05, 0) is 48.0 Å². The van der Waals surface area contributed by atoms with Gasteiger partial charge in [0.25, 0.3) is 0 Å². The molecule has 3 aromatic heterocycles. The van der Waals surface area contributed by atoms with Crippen molar-refractivity contribution in [2.45, 2.75) is 12.8 Å². The Kier molecular flexibility index (Phi) is 5.57. The summed E-state index contributed by atoms with van der Waals surface area (Å²) in [4.78, 5) is 8.29. The Labute approximate surface area is 173 Å². The molecule has 0 fully saturated rings. The third kappa shape index (κ3) is 4.71. The van der Waals surface area contributed by atoms with Crippen LogP contribution in [0.3, 0.4) is 0 Å². The average Bonchev–Trinajstić information content (AvgIpc) is 3.21. The van der Waals surface area contributed by atoms with Gasteiger partial charge in [0, 0.05) is 24.3 Å². The Morgan fingerprint density at radius 1 is 0.967 bits per heavy atom. The zero-order valence-corrected chi connectivity index (χ0v) is 16.1. The van der Waals surface area contributed by atoms with Crippen LogP contribution in [0.4, 0.5) is 24.0 Å². The standard InChI is InChI=1S/C20H14F3N5OS/c21-20(22,23)14-3-1-4-15(11-14)26-19-28-27-18(30-19)17-16(5-2-8-25-17)29-12-13-6-9-24-10-7-13/h1-11H,12H2,(H,26,28). The number of halogens is 3. The van der Waals surface area contributed by atoms with Gasteiger partial charge in [0.05, 0.1) is 5.56 Å². The van der Waals surface area contributed by atoms with E-state index in [-0.39, 0.29) is 5.69 Å². The Morgan fingerprint density at radius 3 is 2.60 bits per heavy atom. The molecule has 0 radical (unpaired) electrons. The number of pyridine rings is 2. The van der Waals surface area contributed by atoms with Crippen molar-refractivity contribution in [3.05, 3.63) is 78.2 Å². The van der Waals surface area contributed by atoms with E-state index in [1.807, 2.05) is 12.1 Å². The molecule has 1 N–H and O–H groups in total. The molecule has 0 amide bonds. The molecule has 4 aromatic rings. The molecule has 0 aliphatic heterocycles. The number of rotatable bonds is 6. The maximum absolute atomic E-state index is 12.9. The fourth-order valence-electron chi connectivity index (χ4n) is 2.57. The lowest BCUT2D eigenvalue weighted by Crippen LogP contribution is -2.05. The fourth-order valence-corrected chi connectivity index (χ4v) is 3.34. The van der Waals surface area contributed by atoms with E-state index >= 15 is 0 Å². The lowest BCUT2D eigenvalue weighted by Gasteiger charge is -2.09. The summed E-state index contributed by atoms with van der Waals surface area (Å²) in [7, 11) is 0. The molecule has 0 aliphatic carbocycles. The summed E-state index contributed by atoms with van der Waals surface area (Å²) in [5, 5.41) is 11.8. The van der Waals surface area contributed by atoms with Crippen LogP contribution in [-0.4, -0.2) is 20.2 Å². The first kappa shape index (κ1) is 19.8. The van der Waals surface area contributed by atoms with Gasteiger partial charge in [0.2, 0.25) is 5.13 Å². The van der Waals surface area contributed by atoms with Crippen molar-refractivity contribution in [1.29, 1.82) is 0 Å². The molecule has 30 heavy (non-hydrogen) atoms. The Hall–Kier alpha value is -3.53. The monoisotopic (exact) mass is 429 g/mol. The van der Waals surface area contributed by atoms with E-state index in [9.17, 15) is 13.2 Å². The van der Waals surface area contributed by atoms with Crippen LogP contribution in [0.15, 0.2) is 67.1 Å². The van der Waals surface area contributed by atoms with Gasteiger partial charge in [-0.15, -0.1) is 10.2 Å². The molecular weight excluding hydrogens is 415 g/mol. The van der Waals surface area contributed by atoms with Crippen molar-refractivity contribution in [2.75, 3.05) is 5.32 Å². The predicted molar refractivity (Wildman–Crippen MR) is 106 cm³/mol. The van der Waals surface area contributed by atoms with E-state index < -0.39 is 11.7 Å². The van der Waals surface area contributed by atoms with Crippen molar-refractivity contribution in [1.82, 2.24) is 20.2 Å². The largest absolute Gasteiger partial charge is 0.487 e. The number of ether oxygens (including phenoxy) is 1. The highest BCUT2D eigenvalue weighted by Crippen LogP contribution is 2.34. The summed E-state index contributed by atoms with van der Waals surface area (Å²) >= 11 is 1.16. The number of hydrogen-bond acceptors (Lipinski definition) is 7. The lowest BCUT2D eigenvalue weighted by molar-refractivity contribution is -0.137. The highest BCUT2D eigenvalue weighted by atomic mass is 32.1. The van der Waals surface area contributed by atoms with Gasteiger partial charge < -0.3 is 10.1 Å². The summed E-state index contributed by atoms with van der Waals surface area (Å²) in [5.74, 6) is 0.524. The number of hydrogen-bond donors (Lipinski definition) is 1. The maximum Gasteiger partial charge on any atom is 0.416 e. The van der Waals surface area contributed by atoms with E-state index in [1.165, 1.54) is 12.1 Å². The molecule has 0 atom stereocenters. The molecule has 0 bridgehead atoms. The zero-order valence-electron chi connectivity index (χ0n) is 15.3. The van der Waals surface area contributed by atoms with Crippen LogP contribution in [0.25, 0.3) is 10.7 Å². The smallest absolute Gasteiger partial charge is 0.416 e. The number of nitrogens with one attached hydrogen (secondary N) is 1.